The van der Waals surface area contributed by atoms with E-state index in [1.165, 1.54) is 20.9 Å². The molecule has 0 atom stereocenters. The van der Waals surface area contributed by atoms with E-state index in [1.807, 2.05) is 24.5 Å². The lowest BCUT2D eigenvalue weighted by Crippen LogP contribution is -2.03. The van der Waals surface area contributed by atoms with Crippen molar-refractivity contribution in [3.63, 3.8) is 0 Å². The molecule has 0 amide bonds. The highest BCUT2D eigenvalue weighted by Gasteiger charge is 2.04. The minimum atomic E-state index is 0.688. The number of rotatable bonds is 4. The number of pyridine rings is 1. The third kappa shape index (κ3) is 3.32. The normalized spacial score (nSPS) is 10.5. The summed E-state index contributed by atoms with van der Waals surface area (Å²) in [6.45, 7) is 2.80. The number of nitrogens with two attached hydrogens (primary N) is 1. The van der Waals surface area contributed by atoms with E-state index >= 15 is 0 Å². The van der Waals surface area contributed by atoms with Crippen LogP contribution >= 0.6 is 11.8 Å². The van der Waals surface area contributed by atoms with Gasteiger partial charge in [-0.25, -0.2) is 0 Å². The molecule has 0 fully saturated rings. The molecule has 2 N–H and O–H groups in total. The van der Waals surface area contributed by atoms with Gasteiger partial charge in [0.1, 0.15) is 0 Å². The third-order valence-electron chi connectivity index (χ3n) is 2.51. The molecule has 0 saturated carbocycles. The molecule has 1 heterocycles. The summed E-state index contributed by atoms with van der Waals surface area (Å²) in [5.41, 5.74) is 8.27. The Hall–Kier alpha value is -1.32. The van der Waals surface area contributed by atoms with Gasteiger partial charge < -0.3 is 5.73 Å². The Morgan fingerprint density at radius 2 is 1.94 bits per heavy atom. The highest BCUT2D eigenvalue weighted by atomic mass is 32.2. The van der Waals surface area contributed by atoms with E-state index < -0.39 is 0 Å². The molecule has 17 heavy (non-hydrogen) atoms. The summed E-state index contributed by atoms with van der Waals surface area (Å²) in [7, 11) is 0. The van der Waals surface area contributed by atoms with Gasteiger partial charge in [0.25, 0.3) is 0 Å². The number of nitrogens with zero attached hydrogens (tertiary/aromatic N) is 1. The summed E-state index contributed by atoms with van der Waals surface area (Å²) in [5, 5.41) is 0. The Kier molecular flexibility index (Phi) is 4.18. The fraction of sp³-hybridized carbons (Fsp3) is 0.214. The minimum Gasteiger partial charge on any atom is -0.330 e. The van der Waals surface area contributed by atoms with Crippen LogP contribution in [0.1, 0.15) is 11.1 Å². The SMILES string of the molecule is Cc1ccc(Sc2ccncc2)c(CCN)c1. The molecule has 0 saturated heterocycles. The summed E-state index contributed by atoms with van der Waals surface area (Å²) < 4.78 is 0. The molecule has 2 nitrogen and oxygen atoms in total. The van der Waals surface area contributed by atoms with E-state index in [0.717, 1.165) is 6.42 Å². The molecule has 0 aliphatic carbocycles. The van der Waals surface area contributed by atoms with Crippen LogP contribution in [0.2, 0.25) is 0 Å². The molecular formula is C14H16N2S. The first-order valence-electron chi connectivity index (χ1n) is 5.67. The quantitative estimate of drug-likeness (QED) is 0.898. The maximum Gasteiger partial charge on any atom is 0.0279 e. The van der Waals surface area contributed by atoms with Gasteiger partial charge >= 0.3 is 0 Å². The van der Waals surface area contributed by atoms with Gasteiger partial charge in [-0.15, -0.1) is 0 Å². The second-order valence-electron chi connectivity index (χ2n) is 3.93. The van der Waals surface area contributed by atoms with Crippen LogP contribution in [0.5, 0.6) is 0 Å². The smallest absolute Gasteiger partial charge is 0.0279 e. The van der Waals surface area contributed by atoms with E-state index in [2.05, 4.69) is 30.1 Å². The van der Waals surface area contributed by atoms with Crippen LogP contribution in [0.4, 0.5) is 0 Å². The Labute approximate surface area is 106 Å². The van der Waals surface area contributed by atoms with Gasteiger partial charge in [0.15, 0.2) is 0 Å². The average Bonchev–Trinajstić information content (AvgIpc) is 2.34. The van der Waals surface area contributed by atoms with Crippen molar-refractivity contribution >= 4 is 11.8 Å². The maximum absolute atomic E-state index is 5.65. The number of hydrogen-bond donors (Lipinski definition) is 1. The highest BCUT2D eigenvalue weighted by molar-refractivity contribution is 7.99. The molecule has 0 spiro atoms. The van der Waals surface area contributed by atoms with Crippen molar-refractivity contribution in [2.45, 2.75) is 23.1 Å². The number of aromatic nitrogens is 1. The number of hydrogen-bond acceptors (Lipinski definition) is 3. The molecule has 1 aromatic carbocycles. The van der Waals surface area contributed by atoms with E-state index in [1.54, 1.807) is 11.8 Å². The van der Waals surface area contributed by atoms with Crippen molar-refractivity contribution in [2.75, 3.05) is 6.54 Å². The van der Waals surface area contributed by atoms with Crippen LogP contribution in [0, 0.1) is 6.92 Å². The van der Waals surface area contributed by atoms with Crippen molar-refractivity contribution in [1.29, 1.82) is 0 Å². The molecule has 1 aromatic heterocycles. The van der Waals surface area contributed by atoms with Crippen molar-refractivity contribution < 1.29 is 0 Å². The predicted molar refractivity (Wildman–Crippen MR) is 72.3 cm³/mol. The van der Waals surface area contributed by atoms with Crippen LogP contribution < -0.4 is 5.73 Å². The summed E-state index contributed by atoms with van der Waals surface area (Å²) >= 11 is 1.77. The molecule has 88 valence electrons. The first-order chi connectivity index (χ1) is 8.29. The largest absolute Gasteiger partial charge is 0.330 e. The summed E-state index contributed by atoms with van der Waals surface area (Å²) in [5.74, 6) is 0. The first kappa shape index (κ1) is 12.1. The summed E-state index contributed by atoms with van der Waals surface area (Å²) in [6.07, 6.45) is 4.56. The van der Waals surface area contributed by atoms with Crippen LogP contribution in [0.25, 0.3) is 0 Å². The zero-order valence-corrected chi connectivity index (χ0v) is 10.7. The van der Waals surface area contributed by atoms with Crippen LogP contribution in [-0.4, -0.2) is 11.5 Å². The Morgan fingerprint density at radius 3 is 2.65 bits per heavy atom. The second-order valence-corrected chi connectivity index (χ2v) is 5.05. The fourth-order valence-electron chi connectivity index (χ4n) is 1.69. The summed E-state index contributed by atoms with van der Waals surface area (Å²) in [6, 6.07) is 10.6. The van der Waals surface area contributed by atoms with Crippen LogP contribution in [0.15, 0.2) is 52.5 Å². The van der Waals surface area contributed by atoms with E-state index in [9.17, 15) is 0 Å². The third-order valence-corrected chi connectivity index (χ3v) is 3.63. The lowest BCUT2D eigenvalue weighted by Gasteiger charge is -2.09. The Bertz CT molecular complexity index is 483. The van der Waals surface area contributed by atoms with Crippen molar-refractivity contribution in [1.82, 2.24) is 4.98 Å². The minimum absolute atomic E-state index is 0.688. The number of aryl methyl sites for hydroxylation is 1. The molecule has 0 unspecified atom stereocenters. The fourth-order valence-corrected chi connectivity index (χ4v) is 2.63. The molecule has 2 aromatic rings. The van der Waals surface area contributed by atoms with E-state index in [4.69, 9.17) is 5.73 Å². The van der Waals surface area contributed by atoms with Gasteiger partial charge in [-0.1, -0.05) is 29.5 Å². The van der Waals surface area contributed by atoms with Gasteiger partial charge in [-0.05, 0) is 43.7 Å². The molecule has 3 heteroatoms. The Balaban J connectivity index is 2.26. The molecule has 0 bridgehead atoms. The average molecular weight is 244 g/mol. The van der Waals surface area contributed by atoms with Crippen molar-refractivity contribution in [3.05, 3.63) is 53.9 Å². The zero-order chi connectivity index (χ0) is 12.1. The summed E-state index contributed by atoms with van der Waals surface area (Å²) in [4.78, 5) is 6.52. The molecule has 2 rings (SSSR count). The second kappa shape index (κ2) is 5.84. The van der Waals surface area contributed by atoms with E-state index in [-0.39, 0.29) is 0 Å². The molecule has 0 aliphatic rings. The lowest BCUT2D eigenvalue weighted by atomic mass is 10.1. The topological polar surface area (TPSA) is 38.9 Å². The highest BCUT2D eigenvalue weighted by Crippen LogP contribution is 2.30. The Morgan fingerprint density at radius 1 is 1.18 bits per heavy atom. The maximum atomic E-state index is 5.65. The predicted octanol–water partition coefficient (Wildman–Crippen LogP) is 3.04. The van der Waals surface area contributed by atoms with E-state index in [0.29, 0.717) is 6.54 Å². The zero-order valence-electron chi connectivity index (χ0n) is 9.89. The van der Waals surface area contributed by atoms with Gasteiger partial charge in [-0.2, -0.15) is 0 Å². The van der Waals surface area contributed by atoms with Gasteiger partial charge in [-0.3, -0.25) is 4.98 Å². The van der Waals surface area contributed by atoms with Crippen molar-refractivity contribution in [2.24, 2.45) is 5.73 Å². The first-order valence-corrected chi connectivity index (χ1v) is 6.48. The lowest BCUT2D eigenvalue weighted by molar-refractivity contribution is 0.941. The molecule has 0 aliphatic heterocycles. The van der Waals surface area contributed by atoms with Crippen LogP contribution in [-0.2, 0) is 6.42 Å². The van der Waals surface area contributed by atoms with Crippen molar-refractivity contribution in [3.8, 4) is 0 Å². The number of benzene rings is 1. The monoisotopic (exact) mass is 244 g/mol. The van der Waals surface area contributed by atoms with Gasteiger partial charge in [0, 0.05) is 22.2 Å². The standard InChI is InChI=1S/C14H16N2S/c1-11-2-3-14(12(10-11)4-7-15)17-13-5-8-16-9-6-13/h2-3,5-6,8-10H,4,7,15H2,1H3. The molecular weight excluding hydrogens is 228 g/mol. The van der Waals surface area contributed by atoms with Crippen LogP contribution in [0.3, 0.4) is 0 Å². The molecule has 0 radical (unpaired) electrons. The van der Waals surface area contributed by atoms with Gasteiger partial charge in [0.05, 0.1) is 0 Å². The van der Waals surface area contributed by atoms with Gasteiger partial charge in [0.2, 0.25) is 0 Å².